The van der Waals surface area contributed by atoms with Gasteiger partial charge in [-0.25, -0.2) is 0 Å². The molecule has 4 nitrogen and oxygen atoms in total. The van der Waals surface area contributed by atoms with E-state index in [1.165, 1.54) is 0 Å². The quantitative estimate of drug-likeness (QED) is 0.501. The standard InChI is InChI=1S/C9H19NO3S/c1-4-6-9(3,10-7-5-2)8-14(11,12)13/h5,10H,2,4,6-8H2,1,3H3,(H,11,12,13). The first-order valence-corrected chi connectivity index (χ1v) is 6.25. The minimum absolute atomic E-state index is 0.262. The zero-order chi connectivity index (χ0) is 11.2. The predicted octanol–water partition coefficient (Wildman–Crippen LogP) is 1.21. The maximum absolute atomic E-state index is 10.8. The summed E-state index contributed by atoms with van der Waals surface area (Å²) in [5, 5.41) is 3.05. The van der Waals surface area contributed by atoms with E-state index in [1.807, 2.05) is 6.92 Å². The van der Waals surface area contributed by atoms with Gasteiger partial charge in [0.15, 0.2) is 0 Å². The summed E-state index contributed by atoms with van der Waals surface area (Å²) in [5.41, 5.74) is -0.573. The molecular weight excluding hydrogens is 202 g/mol. The van der Waals surface area contributed by atoms with Crippen LogP contribution in [0.25, 0.3) is 0 Å². The Labute approximate surface area is 86.1 Å². The molecule has 0 amide bonds. The van der Waals surface area contributed by atoms with Crippen LogP contribution in [-0.2, 0) is 10.1 Å². The van der Waals surface area contributed by atoms with E-state index >= 15 is 0 Å². The Bertz CT molecular complexity index is 274. The van der Waals surface area contributed by atoms with Gasteiger partial charge in [0.05, 0.1) is 5.75 Å². The minimum atomic E-state index is -3.93. The molecule has 0 aliphatic heterocycles. The van der Waals surface area contributed by atoms with Crippen LogP contribution in [0, 0.1) is 0 Å². The summed E-state index contributed by atoms with van der Waals surface area (Å²) in [4.78, 5) is 0. The van der Waals surface area contributed by atoms with Crippen molar-refractivity contribution in [1.29, 1.82) is 0 Å². The van der Waals surface area contributed by atoms with Crippen LogP contribution in [0.5, 0.6) is 0 Å². The summed E-state index contributed by atoms with van der Waals surface area (Å²) in [5.74, 6) is -0.262. The van der Waals surface area contributed by atoms with Crippen LogP contribution >= 0.6 is 0 Å². The monoisotopic (exact) mass is 221 g/mol. The molecule has 0 bridgehead atoms. The fourth-order valence-electron chi connectivity index (χ4n) is 1.48. The summed E-state index contributed by atoms with van der Waals surface area (Å²) < 4.78 is 30.3. The van der Waals surface area contributed by atoms with Crippen LogP contribution in [0.2, 0.25) is 0 Å². The van der Waals surface area contributed by atoms with E-state index in [4.69, 9.17) is 4.55 Å². The van der Waals surface area contributed by atoms with Gasteiger partial charge in [-0.05, 0) is 13.3 Å². The van der Waals surface area contributed by atoms with Crippen LogP contribution in [0.15, 0.2) is 12.7 Å². The molecule has 0 rings (SSSR count). The van der Waals surface area contributed by atoms with Crippen molar-refractivity contribution >= 4 is 10.1 Å². The number of nitrogens with one attached hydrogen (secondary N) is 1. The Kier molecular flexibility index (Phi) is 5.33. The lowest BCUT2D eigenvalue weighted by molar-refractivity contribution is 0.362. The second-order valence-electron chi connectivity index (χ2n) is 3.71. The Morgan fingerprint density at radius 2 is 2.14 bits per heavy atom. The number of rotatable bonds is 7. The SMILES string of the molecule is C=CCNC(C)(CCC)CS(=O)(=O)O. The molecule has 0 aliphatic rings. The van der Waals surface area contributed by atoms with Gasteiger partial charge in [-0.2, -0.15) is 8.42 Å². The van der Waals surface area contributed by atoms with Crippen LogP contribution in [0.4, 0.5) is 0 Å². The van der Waals surface area contributed by atoms with Crippen LogP contribution in [0.3, 0.4) is 0 Å². The lowest BCUT2D eigenvalue weighted by atomic mass is 9.99. The first-order chi connectivity index (χ1) is 6.33. The molecule has 5 heteroatoms. The van der Waals surface area contributed by atoms with Crippen LogP contribution in [-0.4, -0.2) is 30.8 Å². The van der Waals surface area contributed by atoms with E-state index in [9.17, 15) is 8.42 Å². The summed E-state index contributed by atoms with van der Waals surface area (Å²) in [7, 11) is -3.93. The molecule has 0 heterocycles. The van der Waals surface area contributed by atoms with E-state index in [0.29, 0.717) is 13.0 Å². The molecule has 2 N–H and O–H groups in total. The van der Waals surface area contributed by atoms with Gasteiger partial charge in [-0.1, -0.05) is 19.4 Å². The van der Waals surface area contributed by atoms with E-state index in [-0.39, 0.29) is 5.75 Å². The maximum Gasteiger partial charge on any atom is 0.266 e. The second-order valence-corrected chi connectivity index (χ2v) is 5.16. The lowest BCUT2D eigenvalue weighted by Crippen LogP contribution is -2.47. The fraction of sp³-hybridized carbons (Fsp3) is 0.778. The highest BCUT2D eigenvalue weighted by Gasteiger charge is 2.27. The topological polar surface area (TPSA) is 66.4 Å². The van der Waals surface area contributed by atoms with E-state index in [1.54, 1.807) is 13.0 Å². The van der Waals surface area contributed by atoms with Crippen molar-refractivity contribution in [3.63, 3.8) is 0 Å². The normalized spacial score (nSPS) is 16.2. The van der Waals surface area contributed by atoms with Crippen molar-refractivity contribution in [3.05, 3.63) is 12.7 Å². The molecular formula is C9H19NO3S. The fourth-order valence-corrected chi connectivity index (χ4v) is 2.54. The molecule has 1 unspecified atom stereocenters. The van der Waals surface area contributed by atoms with Gasteiger partial charge in [-0.3, -0.25) is 4.55 Å². The van der Waals surface area contributed by atoms with Crippen molar-refractivity contribution in [2.24, 2.45) is 0 Å². The average molecular weight is 221 g/mol. The molecule has 0 fully saturated rings. The second kappa shape index (κ2) is 5.48. The highest BCUT2D eigenvalue weighted by Crippen LogP contribution is 2.14. The molecule has 0 aromatic rings. The largest absolute Gasteiger partial charge is 0.307 e. The molecule has 1 atom stereocenters. The molecule has 0 saturated heterocycles. The van der Waals surface area contributed by atoms with Gasteiger partial charge >= 0.3 is 0 Å². The third-order valence-corrected chi connectivity index (χ3v) is 2.98. The van der Waals surface area contributed by atoms with Gasteiger partial charge in [-0.15, -0.1) is 6.58 Å². The van der Waals surface area contributed by atoms with Crippen molar-refractivity contribution in [1.82, 2.24) is 5.32 Å². The molecule has 14 heavy (non-hydrogen) atoms. The molecule has 0 saturated carbocycles. The van der Waals surface area contributed by atoms with E-state index in [2.05, 4.69) is 11.9 Å². The lowest BCUT2D eigenvalue weighted by Gasteiger charge is -2.28. The van der Waals surface area contributed by atoms with Gasteiger partial charge in [0.25, 0.3) is 10.1 Å². The third kappa shape index (κ3) is 6.12. The van der Waals surface area contributed by atoms with Crippen molar-refractivity contribution in [3.8, 4) is 0 Å². The summed E-state index contributed by atoms with van der Waals surface area (Å²) in [6.45, 7) is 7.84. The zero-order valence-electron chi connectivity index (χ0n) is 8.78. The highest BCUT2D eigenvalue weighted by molar-refractivity contribution is 7.85. The average Bonchev–Trinajstić information content (AvgIpc) is 1.98. The van der Waals surface area contributed by atoms with E-state index < -0.39 is 15.7 Å². The number of hydrogen-bond acceptors (Lipinski definition) is 3. The molecule has 0 aliphatic carbocycles. The highest BCUT2D eigenvalue weighted by atomic mass is 32.2. The molecule has 84 valence electrons. The van der Waals surface area contributed by atoms with Crippen LogP contribution in [0.1, 0.15) is 26.7 Å². The molecule has 0 radical (unpaired) electrons. The minimum Gasteiger partial charge on any atom is -0.307 e. The van der Waals surface area contributed by atoms with Crippen LogP contribution < -0.4 is 5.32 Å². The van der Waals surface area contributed by atoms with E-state index in [0.717, 1.165) is 6.42 Å². The molecule has 0 aromatic carbocycles. The zero-order valence-corrected chi connectivity index (χ0v) is 9.60. The molecule has 0 aromatic heterocycles. The first kappa shape index (κ1) is 13.6. The van der Waals surface area contributed by atoms with Crippen molar-refractivity contribution in [2.75, 3.05) is 12.3 Å². The van der Waals surface area contributed by atoms with Gasteiger partial charge in [0.1, 0.15) is 0 Å². The maximum atomic E-state index is 10.8. The van der Waals surface area contributed by atoms with Gasteiger partial charge in [0, 0.05) is 12.1 Å². The van der Waals surface area contributed by atoms with Crippen molar-refractivity contribution < 1.29 is 13.0 Å². The Morgan fingerprint density at radius 1 is 1.57 bits per heavy atom. The number of hydrogen-bond donors (Lipinski definition) is 2. The Balaban J connectivity index is 4.45. The Hall–Kier alpha value is -0.390. The summed E-state index contributed by atoms with van der Waals surface area (Å²) >= 11 is 0. The first-order valence-electron chi connectivity index (χ1n) is 4.64. The Morgan fingerprint density at radius 3 is 2.50 bits per heavy atom. The summed E-state index contributed by atoms with van der Waals surface area (Å²) in [6.07, 6.45) is 3.22. The molecule has 0 spiro atoms. The van der Waals surface area contributed by atoms with Crippen molar-refractivity contribution in [2.45, 2.75) is 32.2 Å². The third-order valence-electron chi connectivity index (χ3n) is 1.98. The smallest absolute Gasteiger partial charge is 0.266 e. The predicted molar refractivity (Wildman–Crippen MR) is 57.9 cm³/mol. The van der Waals surface area contributed by atoms with Gasteiger partial charge in [0.2, 0.25) is 0 Å². The summed E-state index contributed by atoms with van der Waals surface area (Å²) in [6, 6.07) is 0. The van der Waals surface area contributed by atoms with Gasteiger partial charge < -0.3 is 5.32 Å².